The molecule has 0 fully saturated rings. The Balaban J connectivity index is 2.17. The van der Waals surface area contributed by atoms with Gasteiger partial charge in [0, 0.05) is 42.8 Å². The lowest BCUT2D eigenvalue weighted by Crippen LogP contribution is -2.22. The van der Waals surface area contributed by atoms with E-state index in [-0.39, 0.29) is 24.6 Å². The SMILES string of the molecule is Cc1c(-c2cccc(S(=O)(=O)N(C)C)c2)c2cc(CO)ccc2n1C/C(F)=C/CNC(=O)O. The summed E-state index contributed by atoms with van der Waals surface area (Å²) in [6.07, 6.45) is -0.0844. The topological polar surface area (TPSA) is 112 Å². The number of nitrogens with zero attached hydrogens (tertiary/aromatic N) is 2. The van der Waals surface area contributed by atoms with Gasteiger partial charge in [0.2, 0.25) is 10.0 Å². The molecule has 0 aliphatic rings. The maximum absolute atomic E-state index is 14.6. The summed E-state index contributed by atoms with van der Waals surface area (Å²) in [5.41, 5.74) is 3.45. The van der Waals surface area contributed by atoms with Crippen LogP contribution in [0.4, 0.5) is 9.18 Å². The van der Waals surface area contributed by atoms with Gasteiger partial charge in [0.05, 0.1) is 18.0 Å². The molecule has 3 aromatic rings. The van der Waals surface area contributed by atoms with E-state index in [2.05, 4.69) is 5.32 Å². The van der Waals surface area contributed by atoms with Crippen molar-refractivity contribution in [2.45, 2.75) is 25.0 Å². The Kier molecular flexibility index (Phi) is 7.21. The van der Waals surface area contributed by atoms with Crippen molar-refractivity contribution < 1.29 is 27.8 Å². The first-order valence-electron chi connectivity index (χ1n) is 10.1. The van der Waals surface area contributed by atoms with Crippen LogP contribution in [0.25, 0.3) is 22.0 Å². The molecule has 1 amide bonds. The number of fused-ring (bicyclic) bond motifs is 1. The Morgan fingerprint density at radius 2 is 1.94 bits per heavy atom. The minimum atomic E-state index is -3.65. The molecule has 0 saturated carbocycles. The van der Waals surface area contributed by atoms with Gasteiger partial charge in [-0.25, -0.2) is 21.9 Å². The van der Waals surface area contributed by atoms with E-state index in [4.69, 9.17) is 5.11 Å². The van der Waals surface area contributed by atoms with Crippen LogP contribution < -0.4 is 5.32 Å². The molecular weight excluding hydrogens is 449 g/mol. The van der Waals surface area contributed by atoms with E-state index in [0.29, 0.717) is 22.3 Å². The number of carboxylic acid groups (broad SMARTS) is 1. The summed E-state index contributed by atoms with van der Waals surface area (Å²) in [6, 6.07) is 11.9. The average molecular weight is 476 g/mol. The molecule has 3 rings (SSSR count). The highest BCUT2D eigenvalue weighted by Crippen LogP contribution is 2.37. The van der Waals surface area contributed by atoms with Crippen LogP contribution in [0.3, 0.4) is 0 Å². The van der Waals surface area contributed by atoms with Crippen molar-refractivity contribution in [2.24, 2.45) is 0 Å². The van der Waals surface area contributed by atoms with Crippen LogP contribution in [0, 0.1) is 6.92 Å². The Morgan fingerprint density at radius 1 is 1.21 bits per heavy atom. The van der Waals surface area contributed by atoms with E-state index in [9.17, 15) is 22.7 Å². The Morgan fingerprint density at radius 3 is 2.58 bits per heavy atom. The predicted octanol–water partition coefficient (Wildman–Crippen LogP) is 3.48. The molecule has 1 heterocycles. The molecule has 0 atom stereocenters. The third-order valence-electron chi connectivity index (χ3n) is 5.36. The molecule has 0 saturated heterocycles. The van der Waals surface area contributed by atoms with Crippen LogP contribution >= 0.6 is 0 Å². The number of carbonyl (C=O) groups is 1. The predicted molar refractivity (Wildman–Crippen MR) is 124 cm³/mol. The minimum absolute atomic E-state index is 0.127. The number of rotatable bonds is 8. The first-order chi connectivity index (χ1) is 15.6. The largest absolute Gasteiger partial charge is 0.465 e. The molecule has 0 unspecified atom stereocenters. The number of allylic oxidation sites excluding steroid dienone is 1. The van der Waals surface area contributed by atoms with Gasteiger partial charge in [0.25, 0.3) is 0 Å². The van der Waals surface area contributed by atoms with Crippen LogP contribution in [0.15, 0.2) is 59.3 Å². The molecule has 0 bridgehead atoms. The average Bonchev–Trinajstić information content (AvgIpc) is 3.03. The fourth-order valence-electron chi connectivity index (χ4n) is 3.68. The smallest absolute Gasteiger partial charge is 0.404 e. The van der Waals surface area contributed by atoms with Gasteiger partial charge >= 0.3 is 6.09 Å². The molecule has 0 radical (unpaired) electrons. The zero-order chi connectivity index (χ0) is 24.3. The first kappa shape index (κ1) is 24.4. The fraction of sp³-hybridized carbons (Fsp3) is 0.261. The molecule has 0 spiro atoms. The lowest BCUT2D eigenvalue weighted by Gasteiger charge is -2.13. The van der Waals surface area contributed by atoms with Crippen LogP contribution in [-0.2, 0) is 23.2 Å². The van der Waals surface area contributed by atoms with Crippen LogP contribution in [0.1, 0.15) is 11.3 Å². The van der Waals surface area contributed by atoms with Crippen LogP contribution in [0.2, 0.25) is 0 Å². The lowest BCUT2D eigenvalue weighted by atomic mass is 10.0. The van der Waals surface area contributed by atoms with Gasteiger partial charge in [0.15, 0.2) is 0 Å². The molecule has 2 aromatic carbocycles. The molecule has 10 heteroatoms. The van der Waals surface area contributed by atoms with Crippen LogP contribution in [0.5, 0.6) is 0 Å². The highest BCUT2D eigenvalue weighted by Gasteiger charge is 2.21. The molecule has 8 nitrogen and oxygen atoms in total. The van der Waals surface area contributed by atoms with Crippen molar-refractivity contribution in [1.82, 2.24) is 14.2 Å². The number of amides is 1. The van der Waals surface area contributed by atoms with Gasteiger partial charge in [-0.1, -0.05) is 18.2 Å². The Bertz CT molecular complexity index is 1330. The fourth-order valence-corrected chi connectivity index (χ4v) is 4.63. The molecule has 33 heavy (non-hydrogen) atoms. The number of aliphatic hydroxyl groups excluding tert-OH is 1. The molecule has 0 aliphatic heterocycles. The van der Waals surface area contributed by atoms with Gasteiger partial charge in [-0.3, -0.25) is 0 Å². The lowest BCUT2D eigenvalue weighted by molar-refractivity contribution is 0.195. The van der Waals surface area contributed by atoms with Gasteiger partial charge in [-0.15, -0.1) is 0 Å². The number of sulfonamides is 1. The number of aromatic nitrogens is 1. The van der Waals surface area contributed by atoms with Crippen molar-refractivity contribution in [3.63, 3.8) is 0 Å². The number of nitrogens with one attached hydrogen (secondary N) is 1. The first-order valence-corrected chi connectivity index (χ1v) is 11.6. The Labute approximate surface area is 191 Å². The summed E-state index contributed by atoms with van der Waals surface area (Å²) >= 11 is 0. The minimum Gasteiger partial charge on any atom is -0.465 e. The summed E-state index contributed by atoms with van der Waals surface area (Å²) in [5.74, 6) is -0.523. The maximum atomic E-state index is 14.6. The molecule has 176 valence electrons. The molecule has 1 aromatic heterocycles. The zero-order valence-electron chi connectivity index (χ0n) is 18.5. The quantitative estimate of drug-likeness (QED) is 0.462. The number of halogens is 1. The number of hydrogen-bond donors (Lipinski definition) is 3. The summed E-state index contributed by atoms with van der Waals surface area (Å²) < 4.78 is 42.8. The van der Waals surface area contributed by atoms with Crippen molar-refractivity contribution in [2.75, 3.05) is 20.6 Å². The summed E-state index contributed by atoms with van der Waals surface area (Å²) in [7, 11) is -0.735. The normalized spacial score (nSPS) is 12.5. The van der Waals surface area contributed by atoms with Crippen molar-refractivity contribution >= 4 is 27.0 Å². The highest BCUT2D eigenvalue weighted by atomic mass is 32.2. The third-order valence-corrected chi connectivity index (χ3v) is 7.17. The van der Waals surface area contributed by atoms with Gasteiger partial charge in [-0.05, 0) is 48.4 Å². The van der Waals surface area contributed by atoms with E-state index < -0.39 is 21.9 Å². The van der Waals surface area contributed by atoms with E-state index in [1.807, 2.05) is 6.92 Å². The van der Waals surface area contributed by atoms with Crippen molar-refractivity contribution in [3.8, 4) is 11.1 Å². The van der Waals surface area contributed by atoms with E-state index in [1.54, 1.807) is 41.0 Å². The standard InChI is InChI=1S/C23H26FN3O5S/c1-15-22(17-5-4-6-19(12-17)33(31,32)26(2)3)20-11-16(14-28)7-8-21(20)27(15)13-18(24)9-10-25-23(29)30/h4-9,11-12,25,28H,10,13-14H2,1-3H3,(H,29,30)/b18-9-. The van der Waals surface area contributed by atoms with Crippen molar-refractivity contribution in [3.05, 3.63) is 65.6 Å². The molecular formula is C23H26FN3O5S. The Hall–Kier alpha value is -3.21. The third kappa shape index (κ3) is 5.08. The second-order valence-electron chi connectivity index (χ2n) is 7.71. The van der Waals surface area contributed by atoms with Gasteiger partial charge in [0.1, 0.15) is 5.83 Å². The van der Waals surface area contributed by atoms with E-state index in [1.165, 1.54) is 20.2 Å². The second-order valence-corrected chi connectivity index (χ2v) is 9.86. The van der Waals surface area contributed by atoms with E-state index >= 15 is 0 Å². The zero-order valence-corrected chi connectivity index (χ0v) is 19.4. The second kappa shape index (κ2) is 9.74. The van der Waals surface area contributed by atoms with Gasteiger partial charge < -0.3 is 20.1 Å². The number of benzene rings is 2. The monoisotopic (exact) mass is 475 g/mol. The number of hydrogen-bond acceptors (Lipinski definition) is 4. The van der Waals surface area contributed by atoms with Gasteiger partial charge in [-0.2, -0.15) is 0 Å². The molecule has 3 N–H and O–H groups in total. The van der Waals surface area contributed by atoms with E-state index in [0.717, 1.165) is 21.3 Å². The number of aliphatic hydroxyl groups is 1. The van der Waals surface area contributed by atoms with Crippen LogP contribution in [-0.4, -0.2) is 54.2 Å². The maximum Gasteiger partial charge on any atom is 0.404 e. The highest BCUT2D eigenvalue weighted by molar-refractivity contribution is 7.89. The summed E-state index contributed by atoms with van der Waals surface area (Å²) in [5, 5.41) is 21.1. The summed E-state index contributed by atoms with van der Waals surface area (Å²) in [6.45, 7) is 1.34. The molecule has 0 aliphatic carbocycles. The van der Waals surface area contributed by atoms with Crippen molar-refractivity contribution in [1.29, 1.82) is 0 Å². The summed E-state index contributed by atoms with van der Waals surface area (Å²) in [4.78, 5) is 10.7.